The summed E-state index contributed by atoms with van der Waals surface area (Å²) < 4.78 is 8.70. The Morgan fingerprint density at radius 1 is 1.20 bits per heavy atom. The first-order valence-corrected chi connectivity index (χ1v) is 3.95. The molecule has 0 unspecified atom stereocenters. The lowest BCUT2D eigenvalue weighted by Crippen LogP contribution is -2.03. The number of nitrogens with one attached hydrogen (secondary N) is 1. The highest BCUT2D eigenvalue weighted by molar-refractivity contribution is 8.93. The van der Waals surface area contributed by atoms with Gasteiger partial charge in [0.05, 0.1) is 0 Å². The zero-order valence-electron chi connectivity index (χ0n) is 5.49. The van der Waals surface area contributed by atoms with Crippen LogP contribution in [-0.4, -0.2) is 22.9 Å². The average Bonchev–Trinajstić information content (AvgIpc) is 2.11. The summed E-state index contributed by atoms with van der Waals surface area (Å²) in [6.45, 7) is 2.50. The zero-order chi connectivity index (χ0) is 7.11. The fraction of sp³-hybridized carbons (Fsp3) is 1.00. The van der Waals surface area contributed by atoms with Gasteiger partial charge in [0, 0.05) is 4.57 Å². The molecule has 0 bridgehead atoms. The van der Waals surface area contributed by atoms with Crippen molar-refractivity contribution in [2.75, 3.05) is 13.1 Å². The van der Waals surface area contributed by atoms with E-state index in [-0.39, 0.29) is 17.0 Å². The SMILES string of the molecule is Br.C1CCNC1.O=[P+](O)O. The van der Waals surface area contributed by atoms with E-state index in [4.69, 9.17) is 14.4 Å². The van der Waals surface area contributed by atoms with Crippen LogP contribution in [0.25, 0.3) is 0 Å². The van der Waals surface area contributed by atoms with E-state index in [1.807, 2.05) is 0 Å². The van der Waals surface area contributed by atoms with Crippen molar-refractivity contribution in [1.29, 1.82) is 0 Å². The van der Waals surface area contributed by atoms with E-state index in [1.165, 1.54) is 25.9 Å². The Labute approximate surface area is 71.4 Å². The van der Waals surface area contributed by atoms with Crippen LogP contribution in [-0.2, 0) is 4.57 Å². The fourth-order valence-electron chi connectivity index (χ4n) is 0.625. The Kier molecular flexibility index (Phi) is 12.4. The zero-order valence-corrected chi connectivity index (χ0v) is 8.09. The van der Waals surface area contributed by atoms with Gasteiger partial charge in [-0.25, -0.2) is 0 Å². The summed E-state index contributed by atoms with van der Waals surface area (Å²) in [7, 11) is -2.87. The van der Waals surface area contributed by atoms with E-state index < -0.39 is 8.25 Å². The van der Waals surface area contributed by atoms with Crippen LogP contribution in [0.5, 0.6) is 0 Å². The molecule has 0 amide bonds. The Bertz CT molecular complexity index is 77.0. The summed E-state index contributed by atoms with van der Waals surface area (Å²) >= 11 is 0. The second-order valence-electron chi connectivity index (χ2n) is 1.71. The molecule has 1 aliphatic heterocycles. The molecule has 0 aromatic carbocycles. The lowest BCUT2D eigenvalue weighted by molar-refractivity contribution is 0.405. The average molecular weight is 233 g/mol. The lowest BCUT2D eigenvalue weighted by Gasteiger charge is -1.76. The van der Waals surface area contributed by atoms with Crippen molar-refractivity contribution in [3.63, 3.8) is 0 Å². The molecule has 1 heterocycles. The summed E-state index contributed by atoms with van der Waals surface area (Å²) in [4.78, 5) is 14.2. The van der Waals surface area contributed by atoms with Gasteiger partial charge in [0.1, 0.15) is 0 Å². The topological polar surface area (TPSA) is 69.6 Å². The van der Waals surface area contributed by atoms with Crippen LogP contribution in [0.4, 0.5) is 0 Å². The van der Waals surface area contributed by atoms with E-state index in [1.54, 1.807) is 0 Å². The standard InChI is InChI=1S/C4H9N.BrH.HO3P/c1-2-4-5-3-1;;1-4(2)3/h5H,1-4H2;1H;(H-,1,2,3)/p+1. The highest BCUT2D eigenvalue weighted by Crippen LogP contribution is 1.98. The van der Waals surface area contributed by atoms with E-state index in [0.717, 1.165) is 0 Å². The molecule has 62 valence electrons. The number of halogens is 1. The van der Waals surface area contributed by atoms with Crippen molar-refractivity contribution in [1.82, 2.24) is 5.32 Å². The Morgan fingerprint density at radius 2 is 1.50 bits per heavy atom. The molecule has 6 heteroatoms. The predicted molar refractivity (Wildman–Crippen MR) is 44.5 cm³/mol. The van der Waals surface area contributed by atoms with Gasteiger partial charge in [-0.2, -0.15) is 0 Å². The molecule has 0 saturated carbocycles. The second kappa shape index (κ2) is 9.46. The Balaban J connectivity index is 0. The van der Waals surface area contributed by atoms with Crippen molar-refractivity contribution in [3.05, 3.63) is 0 Å². The summed E-state index contributed by atoms with van der Waals surface area (Å²) in [5, 5.41) is 3.22. The molecule has 1 aliphatic rings. The third kappa shape index (κ3) is 15.8. The van der Waals surface area contributed by atoms with Gasteiger partial charge in [-0.15, -0.1) is 26.8 Å². The first-order valence-electron chi connectivity index (χ1n) is 2.79. The molecule has 4 nitrogen and oxygen atoms in total. The highest BCUT2D eigenvalue weighted by Gasteiger charge is 1.93. The van der Waals surface area contributed by atoms with Gasteiger partial charge >= 0.3 is 8.25 Å². The van der Waals surface area contributed by atoms with Crippen molar-refractivity contribution in [3.8, 4) is 0 Å². The van der Waals surface area contributed by atoms with Crippen molar-refractivity contribution in [2.45, 2.75) is 12.8 Å². The van der Waals surface area contributed by atoms with Crippen molar-refractivity contribution < 1.29 is 14.4 Å². The van der Waals surface area contributed by atoms with Gasteiger partial charge in [0.25, 0.3) is 0 Å². The molecular formula is C4H12BrNO3P+. The van der Waals surface area contributed by atoms with Crippen molar-refractivity contribution in [2.24, 2.45) is 0 Å². The van der Waals surface area contributed by atoms with Crippen LogP contribution in [0.1, 0.15) is 12.8 Å². The summed E-state index contributed by atoms with van der Waals surface area (Å²) in [5.74, 6) is 0. The third-order valence-corrected chi connectivity index (χ3v) is 0.957. The number of rotatable bonds is 0. The minimum atomic E-state index is -2.87. The highest BCUT2D eigenvalue weighted by atomic mass is 79.9. The quantitative estimate of drug-likeness (QED) is 0.535. The van der Waals surface area contributed by atoms with E-state index in [0.29, 0.717) is 0 Å². The minimum absolute atomic E-state index is 0. The molecule has 3 N–H and O–H groups in total. The molecule has 0 aromatic rings. The summed E-state index contributed by atoms with van der Waals surface area (Å²) in [5.41, 5.74) is 0. The number of hydrogen-bond acceptors (Lipinski definition) is 2. The van der Waals surface area contributed by atoms with E-state index in [9.17, 15) is 0 Å². The van der Waals surface area contributed by atoms with Gasteiger partial charge < -0.3 is 5.32 Å². The maximum absolute atomic E-state index is 8.70. The molecule has 1 saturated heterocycles. The van der Waals surface area contributed by atoms with Crippen LogP contribution in [0, 0.1) is 0 Å². The van der Waals surface area contributed by atoms with Crippen LogP contribution in [0.2, 0.25) is 0 Å². The second-order valence-corrected chi connectivity index (χ2v) is 2.22. The molecule has 1 rings (SSSR count). The normalized spacial score (nSPS) is 14.6. The smallest absolute Gasteiger partial charge is 0.317 e. The van der Waals surface area contributed by atoms with Gasteiger partial charge in [-0.3, -0.25) is 0 Å². The molecule has 0 atom stereocenters. The Morgan fingerprint density at radius 3 is 1.60 bits per heavy atom. The molecule has 1 fully saturated rings. The first-order chi connectivity index (χ1) is 4.23. The number of hydrogen-bond donors (Lipinski definition) is 3. The predicted octanol–water partition coefficient (Wildman–Crippen LogP) is 0.576. The Hall–Kier alpha value is 0.460. The fourth-order valence-corrected chi connectivity index (χ4v) is 0.625. The molecular weight excluding hydrogens is 221 g/mol. The van der Waals surface area contributed by atoms with Gasteiger partial charge in [-0.1, -0.05) is 0 Å². The lowest BCUT2D eigenvalue weighted by atomic mass is 10.4. The largest absolute Gasteiger partial charge is 0.692 e. The molecule has 0 spiro atoms. The molecule has 10 heavy (non-hydrogen) atoms. The first kappa shape index (κ1) is 13.1. The van der Waals surface area contributed by atoms with E-state index in [2.05, 4.69) is 5.32 Å². The molecule has 0 aliphatic carbocycles. The maximum atomic E-state index is 8.70. The van der Waals surface area contributed by atoms with E-state index >= 15 is 0 Å². The van der Waals surface area contributed by atoms with Gasteiger partial charge in [-0.05, 0) is 25.9 Å². The van der Waals surface area contributed by atoms with Gasteiger partial charge in [0.15, 0.2) is 0 Å². The third-order valence-electron chi connectivity index (χ3n) is 0.957. The molecule has 0 radical (unpaired) electrons. The minimum Gasteiger partial charge on any atom is -0.317 e. The van der Waals surface area contributed by atoms with Crippen LogP contribution >= 0.6 is 25.2 Å². The van der Waals surface area contributed by atoms with Crippen LogP contribution in [0.3, 0.4) is 0 Å². The summed E-state index contributed by atoms with van der Waals surface area (Å²) in [6.07, 6.45) is 2.78. The molecule has 0 aromatic heterocycles. The van der Waals surface area contributed by atoms with Gasteiger partial charge in [0.2, 0.25) is 0 Å². The van der Waals surface area contributed by atoms with Crippen LogP contribution < -0.4 is 5.32 Å². The van der Waals surface area contributed by atoms with Crippen LogP contribution in [0.15, 0.2) is 0 Å². The maximum Gasteiger partial charge on any atom is 0.692 e. The monoisotopic (exact) mass is 232 g/mol. The van der Waals surface area contributed by atoms with Crippen molar-refractivity contribution >= 4 is 25.2 Å². The summed E-state index contributed by atoms with van der Waals surface area (Å²) in [6, 6.07) is 0.